The van der Waals surface area contributed by atoms with Crippen molar-refractivity contribution in [3.8, 4) is 17.0 Å². The summed E-state index contributed by atoms with van der Waals surface area (Å²) in [6.45, 7) is 0.473. The Labute approximate surface area is 231 Å². The average Bonchev–Trinajstić information content (AvgIpc) is 3.54. The van der Waals surface area contributed by atoms with E-state index >= 15 is 9.59 Å². The normalized spacial score (nSPS) is 22.2. The highest BCUT2D eigenvalue weighted by Crippen LogP contribution is 2.69. The highest BCUT2D eigenvalue weighted by atomic mass is 16.5. The molecule has 40 heavy (non-hydrogen) atoms. The van der Waals surface area contributed by atoms with Crippen LogP contribution in [0.25, 0.3) is 22.3 Å². The largest absolute Gasteiger partial charge is 0.497 e. The Morgan fingerprint density at radius 2 is 1.40 bits per heavy atom. The first kappa shape index (κ1) is 23.2. The van der Waals surface area contributed by atoms with Crippen molar-refractivity contribution in [1.29, 1.82) is 0 Å². The number of rotatable bonds is 2. The van der Waals surface area contributed by atoms with E-state index in [1.54, 1.807) is 19.2 Å². The van der Waals surface area contributed by atoms with E-state index in [-0.39, 0.29) is 11.6 Å². The molecule has 1 fully saturated rings. The lowest BCUT2D eigenvalue weighted by Crippen LogP contribution is -2.56. The molecule has 2 spiro atoms. The van der Waals surface area contributed by atoms with Crippen LogP contribution >= 0.6 is 0 Å². The molecule has 1 aliphatic heterocycles. The van der Waals surface area contributed by atoms with Crippen LogP contribution in [0.3, 0.4) is 0 Å². The summed E-state index contributed by atoms with van der Waals surface area (Å²) in [6.07, 6.45) is 0. The van der Waals surface area contributed by atoms with Gasteiger partial charge in [-0.25, -0.2) is 9.97 Å². The van der Waals surface area contributed by atoms with Gasteiger partial charge in [0.25, 0.3) is 0 Å². The topological polar surface area (TPSA) is 72.4 Å². The number of carbonyl (C=O) groups excluding carboxylic acids is 2. The first-order valence-electron chi connectivity index (χ1n) is 13.4. The third-order valence-electron chi connectivity index (χ3n) is 9.24. The van der Waals surface area contributed by atoms with Gasteiger partial charge in [0.05, 0.1) is 29.5 Å². The molecule has 0 radical (unpaired) electrons. The van der Waals surface area contributed by atoms with Crippen LogP contribution in [0.15, 0.2) is 97.1 Å². The standard InChI is InChI=1S/C34H25N3O3/c1-37-19-26(20-10-9-11-21(18-20)40-2)33(31(38)22-12-3-4-13-23(22)32(33)39)34(37)25-15-6-5-14-24(25)29-30(34)36-28-17-8-7-16-27(28)35-29/h3-18,26H,19H2,1-2H3/t26-,34+/m1/s1. The first-order valence-corrected chi connectivity index (χ1v) is 13.4. The molecule has 2 aliphatic carbocycles. The monoisotopic (exact) mass is 523 g/mol. The molecule has 1 aromatic heterocycles. The second-order valence-corrected chi connectivity index (χ2v) is 10.9. The molecule has 0 bridgehead atoms. The van der Waals surface area contributed by atoms with Crippen molar-refractivity contribution in [2.45, 2.75) is 11.5 Å². The Hall–Kier alpha value is -4.68. The molecule has 2 heterocycles. The minimum absolute atomic E-state index is 0.164. The summed E-state index contributed by atoms with van der Waals surface area (Å²) in [7, 11) is 3.64. The molecule has 8 rings (SSSR count). The summed E-state index contributed by atoms with van der Waals surface area (Å²) >= 11 is 0. The Bertz CT molecular complexity index is 1880. The van der Waals surface area contributed by atoms with E-state index in [9.17, 15) is 0 Å². The number of aromatic nitrogens is 2. The fraction of sp³-hybridized carbons (Fsp3) is 0.176. The van der Waals surface area contributed by atoms with Crippen molar-refractivity contribution >= 4 is 22.6 Å². The van der Waals surface area contributed by atoms with Crippen LogP contribution in [0.2, 0.25) is 0 Å². The van der Waals surface area contributed by atoms with E-state index in [1.807, 2.05) is 92.0 Å². The van der Waals surface area contributed by atoms with Gasteiger partial charge in [0.15, 0.2) is 11.6 Å². The summed E-state index contributed by atoms with van der Waals surface area (Å²) in [5.74, 6) is -0.0947. The number of ether oxygens (including phenoxy) is 1. The van der Waals surface area contributed by atoms with Crippen LogP contribution in [-0.4, -0.2) is 47.1 Å². The molecule has 0 amide bonds. The molecular weight excluding hydrogens is 498 g/mol. The zero-order chi connectivity index (χ0) is 27.2. The fourth-order valence-electron chi connectivity index (χ4n) is 7.73. The quantitative estimate of drug-likeness (QED) is 0.278. The third kappa shape index (κ3) is 2.53. The second kappa shape index (κ2) is 7.93. The molecule has 6 nitrogen and oxygen atoms in total. The zero-order valence-corrected chi connectivity index (χ0v) is 22.1. The first-order chi connectivity index (χ1) is 19.5. The van der Waals surface area contributed by atoms with Gasteiger partial charge in [-0.2, -0.15) is 0 Å². The molecule has 5 aromatic rings. The highest BCUT2D eigenvalue weighted by Gasteiger charge is 2.77. The van der Waals surface area contributed by atoms with Crippen LogP contribution < -0.4 is 4.74 Å². The van der Waals surface area contributed by atoms with Crippen LogP contribution in [-0.2, 0) is 5.54 Å². The number of nitrogens with zero attached hydrogens (tertiary/aromatic N) is 3. The molecular formula is C34H25N3O3. The minimum Gasteiger partial charge on any atom is -0.497 e. The average molecular weight is 524 g/mol. The summed E-state index contributed by atoms with van der Waals surface area (Å²) in [4.78, 5) is 42.6. The Kier molecular flexibility index (Phi) is 4.60. The van der Waals surface area contributed by atoms with Gasteiger partial charge in [-0.1, -0.05) is 72.8 Å². The lowest BCUT2D eigenvalue weighted by molar-refractivity contribution is 0.0462. The molecule has 2 atom stereocenters. The van der Waals surface area contributed by atoms with Crippen molar-refractivity contribution in [3.63, 3.8) is 0 Å². The van der Waals surface area contributed by atoms with Crippen LogP contribution in [0.4, 0.5) is 0 Å². The summed E-state index contributed by atoms with van der Waals surface area (Å²) in [5.41, 5.74) is 3.87. The number of Topliss-reactive ketones (excluding diaryl/α,β-unsaturated/α-hetero) is 2. The van der Waals surface area contributed by atoms with Crippen LogP contribution in [0.5, 0.6) is 5.75 Å². The van der Waals surface area contributed by atoms with E-state index in [2.05, 4.69) is 4.90 Å². The van der Waals surface area contributed by atoms with Gasteiger partial charge in [-0.3, -0.25) is 14.5 Å². The molecule has 3 aliphatic rings. The molecule has 4 aromatic carbocycles. The SMILES string of the molecule is COc1cccc([C@H]2CN(C)[C@]3(c4ccccc4-c4nc5ccccc5nc43)C23C(=O)c2ccccc2C3=O)c1. The van der Waals surface area contributed by atoms with Crippen molar-refractivity contribution in [2.75, 3.05) is 20.7 Å². The van der Waals surface area contributed by atoms with Crippen molar-refractivity contribution in [3.05, 3.63) is 125 Å². The van der Waals surface area contributed by atoms with Gasteiger partial charge >= 0.3 is 0 Å². The number of hydrogen-bond donors (Lipinski definition) is 0. The van der Waals surface area contributed by atoms with Crippen LogP contribution in [0, 0.1) is 5.41 Å². The minimum atomic E-state index is -1.49. The summed E-state index contributed by atoms with van der Waals surface area (Å²) in [5, 5.41) is 0. The maximum atomic E-state index is 15.0. The van der Waals surface area contributed by atoms with Gasteiger partial charge in [-0.05, 0) is 42.4 Å². The number of para-hydroxylation sites is 2. The van der Waals surface area contributed by atoms with Crippen molar-refractivity contribution in [1.82, 2.24) is 14.9 Å². The highest BCUT2D eigenvalue weighted by molar-refractivity contribution is 6.32. The molecule has 0 unspecified atom stereocenters. The van der Waals surface area contributed by atoms with E-state index in [4.69, 9.17) is 14.7 Å². The van der Waals surface area contributed by atoms with E-state index in [1.165, 1.54) is 0 Å². The van der Waals surface area contributed by atoms with Gasteiger partial charge in [0.2, 0.25) is 0 Å². The maximum absolute atomic E-state index is 15.0. The molecule has 194 valence electrons. The number of likely N-dealkylation sites (tertiary alicyclic amines) is 1. The van der Waals surface area contributed by atoms with E-state index < -0.39 is 16.9 Å². The number of carbonyl (C=O) groups is 2. The molecule has 0 N–H and O–H groups in total. The predicted octanol–water partition coefficient (Wildman–Crippen LogP) is 5.66. The summed E-state index contributed by atoms with van der Waals surface area (Å²) < 4.78 is 5.58. The van der Waals surface area contributed by atoms with Gasteiger partial charge in [0.1, 0.15) is 16.7 Å². The van der Waals surface area contributed by atoms with Crippen molar-refractivity contribution < 1.29 is 14.3 Å². The lowest BCUT2D eigenvalue weighted by atomic mass is 9.58. The van der Waals surface area contributed by atoms with Gasteiger partial charge < -0.3 is 4.74 Å². The number of methoxy groups -OCH3 is 1. The zero-order valence-electron chi connectivity index (χ0n) is 22.1. The van der Waals surface area contributed by atoms with E-state index in [0.717, 1.165) is 33.4 Å². The molecule has 0 saturated carbocycles. The van der Waals surface area contributed by atoms with Gasteiger partial charge in [0, 0.05) is 29.2 Å². The van der Waals surface area contributed by atoms with Gasteiger partial charge in [-0.15, -0.1) is 0 Å². The summed E-state index contributed by atoms with van der Waals surface area (Å²) in [6, 6.07) is 30.8. The number of hydrogen-bond acceptors (Lipinski definition) is 6. The van der Waals surface area contributed by atoms with Crippen LogP contribution in [0.1, 0.15) is 43.5 Å². The Morgan fingerprint density at radius 3 is 2.10 bits per heavy atom. The predicted molar refractivity (Wildman–Crippen MR) is 152 cm³/mol. The number of benzene rings is 4. The fourth-order valence-corrected chi connectivity index (χ4v) is 7.73. The van der Waals surface area contributed by atoms with E-state index in [0.29, 0.717) is 29.1 Å². The lowest BCUT2D eigenvalue weighted by Gasteiger charge is -2.44. The molecule has 1 saturated heterocycles. The smallest absolute Gasteiger partial charge is 0.180 e. The maximum Gasteiger partial charge on any atom is 0.180 e. The molecule has 6 heteroatoms. The second-order valence-electron chi connectivity index (χ2n) is 10.9. The number of ketones is 2. The number of likely N-dealkylation sites (N-methyl/N-ethyl adjacent to an activating group) is 1. The Balaban J connectivity index is 1.54. The van der Waals surface area contributed by atoms with Crippen molar-refractivity contribution in [2.24, 2.45) is 5.41 Å². The number of fused-ring (bicyclic) bond motifs is 8. The Morgan fingerprint density at radius 1 is 0.775 bits per heavy atom. The third-order valence-corrected chi connectivity index (χ3v) is 9.24.